The number of carbonyl (C=O) groups is 1. The van der Waals surface area contributed by atoms with Gasteiger partial charge in [0.1, 0.15) is 0 Å². The van der Waals surface area contributed by atoms with E-state index >= 15 is 0 Å². The number of carbonyl (C=O) groups excluding carboxylic acids is 1. The average Bonchev–Trinajstić information content (AvgIpc) is 2.44. The summed E-state index contributed by atoms with van der Waals surface area (Å²) in [5.41, 5.74) is 1.36. The van der Waals surface area contributed by atoms with Gasteiger partial charge in [0.25, 0.3) is 0 Å². The molecular formula is C17H17BrO4. The van der Waals surface area contributed by atoms with Crippen LogP contribution in [-0.2, 0) is 5.41 Å². The molecule has 0 aliphatic heterocycles. The van der Waals surface area contributed by atoms with Crippen molar-refractivity contribution in [3.63, 3.8) is 0 Å². The zero-order valence-corrected chi connectivity index (χ0v) is 14.1. The molecule has 0 heterocycles. The molecule has 2 aromatic carbocycles. The van der Waals surface area contributed by atoms with Crippen molar-refractivity contribution in [3.8, 4) is 17.2 Å². The second kappa shape index (κ2) is 5.65. The van der Waals surface area contributed by atoms with Crippen LogP contribution in [0.4, 0.5) is 0 Å². The van der Waals surface area contributed by atoms with Gasteiger partial charge in [0.2, 0.25) is 5.75 Å². The van der Waals surface area contributed by atoms with Gasteiger partial charge in [-0.2, -0.15) is 0 Å². The van der Waals surface area contributed by atoms with E-state index < -0.39 is 23.0 Å². The highest BCUT2D eigenvalue weighted by Crippen LogP contribution is 2.42. The molecule has 4 nitrogen and oxygen atoms in total. The smallest absolute Gasteiger partial charge is 0.201 e. The van der Waals surface area contributed by atoms with Crippen LogP contribution in [0.15, 0.2) is 34.8 Å². The maximum absolute atomic E-state index is 12.5. The molecule has 22 heavy (non-hydrogen) atoms. The highest BCUT2D eigenvalue weighted by Gasteiger charge is 2.23. The van der Waals surface area contributed by atoms with Crippen molar-refractivity contribution in [2.45, 2.75) is 26.2 Å². The van der Waals surface area contributed by atoms with Crippen LogP contribution in [0.2, 0.25) is 0 Å². The summed E-state index contributed by atoms with van der Waals surface area (Å²) in [7, 11) is 0. The standard InChI is InChI=1S/C17H17BrO4/c1-17(2,3)10-6-4-9(5-7-10)14(20)13-11(18)8-12(19)15(21)16(13)22/h4-8,19,21-22H,1-3H3. The Balaban J connectivity index is 2.47. The lowest BCUT2D eigenvalue weighted by Crippen LogP contribution is -2.11. The van der Waals surface area contributed by atoms with Crippen LogP contribution in [0.5, 0.6) is 17.2 Å². The van der Waals surface area contributed by atoms with Crippen LogP contribution in [-0.4, -0.2) is 21.1 Å². The highest BCUT2D eigenvalue weighted by molar-refractivity contribution is 9.10. The molecule has 0 aliphatic carbocycles. The van der Waals surface area contributed by atoms with E-state index in [4.69, 9.17) is 0 Å². The van der Waals surface area contributed by atoms with Gasteiger partial charge in [0, 0.05) is 10.0 Å². The van der Waals surface area contributed by atoms with Crippen molar-refractivity contribution in [1.29, 1.82) is 0 Å². The van der Waals surface area contributed by atoms with Crippen LogP contribution >= 0.6 is 15.9 Å². The number of phenols is 3. The maximum Gasteiger partial charge on any atom is 0.201 e. The first-order valence-electron chi connectivity index (χ1n) is 6.71. The van der Waals surface area contributed by atoms with E-state index in [-0.39, 0.29) is 15.5 Å². The van der Waals surface area contributed by atoms with Gasteiger partial charge in [-0.25, -0.2) is 0 Å². The molecule has 0 saturated heterocycles. The van der Waals surface area contributed by atoms with E-state index in [1.807, 2.05) is 12.1 Å². The molecule has 0 spiro atoms. The van der Waals surface area contributed by atoms with Gasteiger partial charge in [-0.15, -0.1) is 0 Å². The van der Waals surface area contributed by atoms with Gasteiger partial charge >= 0.3 is 0 Å². The Morgan fingerprint density at radius 1 is 1.00 bits per heavy atom. The summed E-state index contributed by atoms with van der Waals surface area (Å²) < 4.78 is 0.213. The molecule has 3 N–H and O–H groups in total. The molecule has 0 amide bonds. The summed E-state index contributed by atoms with van der Waals surface area (Å²) in [6, 6.07) is 8.25. The Hall–Kier alpha value is -2.01. The largest absolute Gasteiger partial charge is 0.504 e. The molecule has 0 unspecified atom stereocenters. The Morgan fingerprint density at radius 2 is 1.55 bits per heavy atom. The third-order valence-electron chi connectivity index (χ3n) is 3.45. The fraction of sp³-hybridized carbons (Fsp3) is 0.235. The number of benzene rings is 2. The van der Waals surface area contributed by atoms with Crippen LogP contribution in [0.1, 0.15) is 42.3 Å². The zero-order valence-electron chi connectivity index (χ0n) is 12.5. The summed E-state index contributed by atoms with van der Waals surface area (Å²) in [6.45, 7) is 6.22. The molecule has 116 valence electrons. The van der Waals surface area contributed by atoms with Crippen molar-refractivity contribution in [3.05, 3.63) is 51.5 Å². The van der Waals surface area contributed by atoms with Crippen LogP contribution in [0, 0.1) is 0 Å². The fourth-order valence-corrected chi connectivity index (χ4v) is 2.68. The van der Waals surface area contributed by atoms with Crippen molar-refractivity contribution in [2.75, 3.05) is 0 Å². The van der Waals surface area contributed by atoms with Gasteiger partial charge in [-0.1, -0.05) is 45.0 Å². The quantitative estimate of drug-likeness (QED) is 0.553. The summed E-state index contributed by atoms with van der Waals surface area (Å²) in [5, 5.41) is 28.9. The topological polar surface area (TPSA) is 77.8 Å². The first-order chi connectivity index (χ1) is 10.1. The normalized spacial score (nSPS) is 11.5. The third-order valence-corrected chi connectivity index (χ3v) is 4.07. The maximum atomic E-state index is 12.5. The van der Waals surface area contributed by atoms with Gasteiger partial charge < -0.3 is 15.3 Å². The SMILES string of the molecule is CC(C)(C)c1ccc(C(=O)c2c(Br)cc(O)c(O)c2O)cc1. The molecule has 0 aliphatic rings. The second-order valence-corrected chi connectivity index (χ2v) is 6.96. The molecule has 5 heteroatoms. The molecule has 0 saturated carbocycles. The van der Waals surface area contributed by atoms with E-state index in [9.17, 15) is 20.1 Å². The first-order valence-corrected chi connectivity index (χ1v) is 7.51. The summed E-state index contributed by atoms with van der Waals surface area (Å²) in [4.78, 5) is 12.5. The second-order valence-electron chi connectivity index (χ2n) is 6.11. The van der Waals surface area contributed by atoms with Gasteiger partial charge in [0.05, 0.1) is 5.56 Å². The van der Waals surface area contributed by atoms with Crippen LogP contribution in [0.3, 0.4) is 0 Å². The van der Waals surface area contributed by atoms with Gasteiger partial charge in [0.15, 0.2) is 17.3 Å². The van der Waals surface area contributed by atoms with Crippen LogP contribution in [0.25, 0.3) is 0 Å². The Morgan fingerprint density at radius 3 is 2.05 bits per heavy atom. The predicted molar refractivity (Wildman–Crippen MR) is 87.7 cm³/mol. The summed E-state index contributed by atoms with van der Waals surface area (Å²) >= 11 is 3.12. The highest BCUT2D eigenvalue weighted by atomic mass is 79.9. The number of rotatable bonds is 2. The van der Waals surface area contributed by atoms with Crippen molar-refractivity contribution in [1.82, 2.24) is 0 Å². The van der Waals surface area contributed by atoms with E-state index in [1.54, 1.807) is 12.1 Å². The van der Waals surface area contributed by atoms with Crippen molar-refractivity contribution >= 4 is 21.7 Å². The number of phenolic OH excluding ortho intramolecular Hbond substituents is 3. The minimum Gasteiger partial charge on any atom is -0.504 e. The predicted octanol–water partition coefficient (Wildman–Crippen LogP) is 4.09. The Bertz CT molecular complexity index is 728. The number of hydrogen-bond donors (Lipinski definition) is 3. The lowest BCUT2D eigenvalue weighted by Gasteiger charge is -2.19. The van der Waals surface area contributed by atoms with E-state index in [2.05, 4.69) is 36.7 Å². The van der Waals surface area contributed by atoms with E-state index in [1.165, 1.54) is 6.07 Å². The Kier molecular flexibility index (Phi) is 4.20. The van der Waals surface area contributed by atoms with Gasteiger partial charge in [-0.3, -0.25) is 4.79 Å². The lowest BCUT2D eigenvalue weighted by molar-refractivity contribution is 0.103. The average molecular weight is 365 g/mol. The fourth-order valence-electron chi connectivity index (χ4n) is 2.10. The lowest BCUT2D eigenvalue weighted by atomic mass is 9.86. The third kappa shape index (κ3) is 2.95. The molecule has 0 radical (unpaired) electrons. The molecule has 0 aromatic heterocycles. The van der Waals surface area contributed by atoms with Crippen molar-refractivity contribution < 1.29 is 20.1 Å². The molecular weight excluding hydrogens is 348 g/mol. The molecule has 0 fully saturated rings. The minimum absolute atomic E-state index is 0.0267. The summed E-state index contributed by atoms with van der Waals surface area (Å²) in [6.07, 6.45) is 0. The van der Waals surface area contributed by atoms with Crippen molar-refractivity contribution in [2.24, 2.45) is 0 Å². The van der Waals surface area contributed by atoms with Crippen LogP contribution < -0.4 is 0 Å². The molecule has 2 rings (SSSR count). The number of aromatic hydroxyl groups is 3. The molecule has 0 bridgehead atoms. The zero-order chi connectivity index (χ0) is 16.7. The summed E-state index contributed by atoms with van der Waals surface area (Å²) in [5.74, 6) is -2.29. The monoisotopic (exact) mass is 364 g/mol. The molecule has 0 atom stereocenters. The van der Waals surface area contributed by atoms with E-state index in [0.29, 0.717) is 5.56 Å². The minimum atomic E-state index is -0.710. The number of ketones is 1. The number of halogens is 1. The first kappa shape index (κ1) is 16.4. The van der Waals surface area contributed by atoms with Gasteiger partial charge in [-0.05, 0) is 33.0 Å². The number of hydrogen-bond acceptors (Lipinski definition) is 4. The van der Waals surface area contributed by atoms with E-state index in [0.717, 1.165) is 5.56 Å². The molecule has 2 aromatic rings. The Labute approximate surface area is 137 Å².